The highest BCUT2D eigenvalue weighted by atomic mass is 35.5. The second-order valence-corrected chi connectivity index (χ2v) is 9.59. The molecule has 0 spiro atoms. The molecule has 0 radical (unpaired) electrons. The second-order valence-electron chi connectivity index (χ2n) is 8.10. The highest BCUT2D eigenvalue weighted by Gasteiger charge is 2.31. The zero-order chi connectivity index (χ0) is 21.6. The molecule has 2 aromatic carbocycles. The van der Waals surface area contributed by atoms with Crippen LogP contribution in [0, 0.1) is 0 Å². The van der Waals surface area contributed by atoms with Gasteiger partial charge >= 0.3 is 0 Å². The number of nitrogens with zero attached hydrogens (tertiary/aromatic N) is 1. The average molecular weight is 455 g/mol. The molecule has 0 aromatic heterocycles. The normalized spacial score (nSPS) is 18.9. The Bertz CT molecular complexity index is 983. The van der Waals surface area contributed by atoms with Crippen LogP contribution in [0.25, 0.3) is 6.08 Å². The van der Waals surface area contributed by atoms with Gasteiger partial charge in [-0.25, -0.2) is 0 Å². The summed E-state index contributed by atoms with van der Waals surface area (Å²) in [4.78, 5) is 29.4. The molecule has 1 saturated carbocycles. The largest absolute Gasteiger partial charge is 0.352 e. The number of hydrogen-bond donors (Lipinski definition) is 1. The Morgan fingerprint density at radius 1 is 1.03 bits per heavy atom. The molecule has 2 aromatic rings. The molecule has 1 aliphatic heterocycles. The van der Waals surface area contributed by atoms with Gasteiger partial charge in [0.05, 0.1) is 10.6 Å². The van der Waals surface area contributed by atoms with Crippen LogP contribution in [0.1, 0.15) is 50.5 Å². The van der Waals surface area contributed by atoms with Gasteiger partial charge in [0, 0.05) is 16.0 Å². The van der Waals surface area contributed by atoms with Gasteiger partial charge < -0.3 is 5.32 Å². The predicted octanol–water partition coefficient (Wildman–Crippen LogP) is 6.05. The van der Waals surface area contributed by atoms with Crippen LogP contribution in [0.3, 0.4) is 0 Å². The summed E-state index contributed by atoms with van der Waals surface area (Å²) in [5, 5.41) is 3.77. The minimum Gasteiger partial charge on any atom is -0.352 e. The first-order chi connectivity index (χ1) is 15.1. The maximum atomic E-state index is 13.3. The Kier molecular flexibility index (Phi) is 7.36. The molecule has 1 fully saturated rings. The van der Waals surface area contributed by atoms with Gasteiger partial charge in [0.2, 0.25) is 5.91 Å². The first kappa shape index (κ1) is 22.0. The van der Waals surface area contributed by atoms with Gasteiger partial charge in [-0.1, -0.05) is 85.8 Å². The van der Waals surface area contributed by atoms with E-state index in [-0.39, 0.29) is 24.4 Å². The summed E-state index contributed by atoms with van der Waals surface area (Å²) in [5.74, 6) is -0.269. The van der Waals surface area contributed by atoms with Crippen molar-refractivity contribution in [2.75, 3.05) is 11.4 Å². The standard InChI is InChI=1S/C25H27ClN2O2S/c26-20-13-7-6-10-18(20)16-23-25(30)28(21-14-8-9-15-22(21)31-23)17-24(29)27-19-11-4-2-1-3-5-12-19/h6-10,13-16,19H,1-5,11-12,17H2,(H,27,29)/b23-16+. The third-order valence-electron chi connectivity index (χ3n) is 5.80. The van der Waals surface area contributed by atoms with Crippen molar-refractivity contribution in [1.29, 1.82) is 0 Å². The Labute approximate surface area is 193 Å². The fourth-order valence-corrected chi connectivity index (χ4v) is 5.41. The smallest absolute Gasteiger partial charge is 0.265 e. The number of nitrogens with one attached hydrogen (secondary N) is 1. The number of hydrogen-bond acceptors (Lipinski definition) is 3. The van der Waals surface area contributed by atoms with E-state index in [1.165, 1.54) is 31.0 Å². The lowest BCUT2D eigenvalue weighted by Crippen LogP contribution is -2.45. The fourth-order valence-electron chi connectivity index (χ4n) is 4.17. The summed E-state index contributed by atoms with van der Waals surface area (Å²) in [6, 6.07) is 15.4. The number of thioether (sulfide) groups is 1. The Balaban J connectivity index is 1.54. The van der Waals surface area contributed by atoms with E-state index >= 15 is 0 Å². The predicted molar refractivity (Wildman–Crippen MR) is 128 cm³/mol. The van der Waals surface area contributed by atoms with E-state index in [1.54, 1.807) is 11.0 Å². The van der Waals surface area contributed by atoms with E-state index in [1.807, 2.05) is 48.5 Å². The number of halogens is 1. The summed E-state index contributed by atoms with van der Waals surface area (Å²) >= 11 is 7.72. The van der Waals surface area contributed by atoms with E-state index in [4.69, 9.17) is 11.6 Å². The first-order valence-corrected chi connectivity index (χ1v) is 12.2. The van der Waals surface area contributed by atoms with Gasteiger partial charge in [-0.15, -0.1) is 0 Å². The summed E-state index contributed by atoms with van der Waals surface area (Å²) < 4.78 is 0. The van der Waals surface area contributed by atoms with Crippen LogP contribution in [-0.4, -0.2) is 24.4 Å². The van der Waals surface area contributed by atoms with Crippen molar-refractivity contribution in [2.45, 2.75) is 55.9 Å². The number of amides is 2. The average Bonchev–Trinajstić information content (AvgIpc) is 2.74. The zero-order valence-corrected chi connectivity index (χ0v) is 19.1. The van der Waals surface area contributed by atoms with E-state index in [0.29, 0.717) is 9.93 Å². The van der Waals surface area contributed by atoms with Crippen LogP contribution >= 0.6 is 23.4 Å². The minimum absolute atomic E-state index is 0.0206. The maximum absolute atomic E-state index is 13.3. The number of para-hydroxylation sites is 1. The molecular weight excluding hydrogens is 428 g/mol. The lowest BCUT2D eigenvalue weighted by Gasteiger charge is -2.30. The summed E-state index contributed by atoms with van der Waals surface area (Å²) in [6.07, 6.45) is 9.90. The monoisotopic (exact) mass is 454 g/mol. The molecule has 6 heteroatoms. The molecule has 1 aliphatic carbocycles. The van der Waals surface area contributed by atoms with Gasteiger partial charge in [0.15, 0.2) is 0 Å². The van der Waals surface area contributed by atoms with Crippen LogP contribution in [0.4, 0.5) is 5.69 Å². The van der Waals surface area contributed by atoms with E-state index in [2.05, 4.69) is 5.32 Å². The van der Waals surface area contributed by atoms with Gasteiger partial charge in [0.25, 0.3) is 5.91 Å². The number of anilines is 1. The molecule has 31 heavy (non-hydrogen) atoms. The van der Waals surface area contributed by atoms with Crippen molar-refractivity contribution >= 4 is 46.9 Å². The van der Waals surface area contributed by atoms with Crippen molar-refractivity contribution in [3.63, 3.8) is 0 Å². The van der Waals surface area contributed by atoms with Crippen molar-refractivity contribution < 1.29 is 9.59 Å². The number of carbonyl (C=O) groups excluding carboxylic acids is 2. The third-order valence-corrected chi connectivity index (χ3v) is 7.22. The number of benzene rings is 2. The fraction of sp³-hybridized carbons (Fsp3) is 0.360. The minimum atomic E-state index is -0.170. The van der Waals surface area contributed by atoms with Gasteiger partial charge in [-0.3, -0.25) is 14.5 Å². The van der Waals surface area contributed by atoms with Crippen molar-refractivity contribution in [1.82, 2.24) is 5.32 Å². The number of fused-ring (bicyclic) bond motifs is 1. The van der Waals surface area contributed by atoms with Crippen LogP contribution in [0.5, 0.6) is 0 Å². The van der Waals surface area contributed by atoms with Gasteiger partial charge in [-0.05, 0) is 42.7 Å². The second kappa shape index (κ2) is 10.4. The molecule has 2 aliphatic rings. The van der Waals surface area contributed by atoms with Crippen LogP contribution < -0.4 is 10.2 Å². The quantitative estimate of drug-likeness (QED) is 0.572. The van der Waals surface area contributed by atoms with Crippen molar-refractivity contribution in [2.24, 2.45) is 0 Å². The molecule has 0 atom stereocenters. The van der Waals surface area contributed by atoms with E-state index in [0.717, 1.165) is 41.8 Å². The molecule has 1 heterocycles. The zero-order valence-electron chi connectivity index (χ0n) is 17.5. The Hall–Kier alpha value is -2.24. The van der Waals surface area contributed by atoms with Crippen molar-refractivity contribution in [3.05, 3.63) is 64.0 Å². The van der Waals surface area contributed by atoms with Crippen LogP contribution in [-0.2, 0) is 9.59 Å². The Morgan fingerprint density at radius 3 is 2.48 bits per heavy atom. The molecule has 4 rings (SSSR count). The first-order valence-electron chi connectivity index (χ1n) is 11.0. The molecule has 162 valence electrons. The molecule has 2 amide bonds. The SMILES string of the molecule is O=C(CN1C(=O)/C(=C\c2ccccc2Cl)Sc2ccccc21)NC1CCCCCCC1. The van der Waals surface area contributed by atoms with Gasteiger partial charge in [-0.2, -0.15) is 0 Å². The molecule has 0 bridgehead atoms. The topological polar surface area (TPSA) is 49.4 Å². The van der Waals surface area contributed by atoms with Crippen LogP contribution in [0.2, 0.25) is 5.02 Å². The summed E-state index contributed by atoms with van der Waals surface area (Å²) in [6.45, 7) is 0.0206. The Morgan fingerprint density at radius 2 is 1.71 bits per heavy atom. The van der Waals surface area contributed by atoms with Crippen molar-refractivity contribution in [3.8, 4) is 0 Å². The molecule has 0 saturated heterocycles. The lowest BCUT2D eigenvalue weighted by atomic mass is 9.97. The summed E-state index contributed by atoms with van der Waals surface area (Å²) in [5.41, 5.74) is 1.57. The lowest BCUT2D eigenvalue weighted by molar-refractivity contribution is -0.123. The number of carbonyl (C=O) groups is 2. The summed E-state index contributed by atoms with van der Waals surface area (Å²) in [7, 11) is 0. The van der Waals surface area contributed by atoms with E-state index < -0.39 is 0 Å². The molecule has 0 unspecified atom stereocenters. The third kappa shape index (κ3) is 5.52. The maximum Gasteiger partial charge on any atom is 0.265 e. The number of rotatable bonds is 4. The molecule has 4 nitrogen and oxygen atoms in total. The van der Waals surface area contributed by atoms with Crippen LogP contribution in [0.15, 0.2) is 58.3 Å². The van der Waals surface area contributed by atoms with Gasteiger partial charge in [0.1, 0.15) is 6.54 Å². The highest BCUT2D eigenvalue weighted by Crippen LogP contribution is 2.42. The van der Waals surface area contributed by atoms with E-state index in [9.17, 15) is 9.59 Å². The highest BCUT2D eigenvalue weighted by molar-refractivity contribution is 8.04. The molecule has 1 N–H and O–H groups in total. The molecular formula is C25H27ClN2O2S.